The molecule has 0 radical (unpaired) electrons. The number of imide groups is 1. The maximum Gasteiger partial charge on any atom is 0.417 e. The van der Waals surface area contributed by atoms with Gasteiger partial charge < -0.3 is 14.9 Å². The van der Waals surface area contributed by atoms with Gasteiger partial charge in [-0.3, -0.25) is 9.36 Å². The largest absolute Gasteiger partial charge is 0.439 e. The topological polar surface area (TPSA) is 108 Å². The van der Waals surface area contributed by atoms with Gasteiger partial charge in [0.25, 0.3) is 5.91 Å². The van der Waals surface area contributed by atoms with Gasteiger partial charge in [0, 0.05) is 0 Å². The van der Waals surface area contributed by atoms with E-state index in [0.717, 1.165) is 10.5 Å². The summed E-state index contributed by atoms with van der Waals surface area (Å²) >= 11 is 0. The minimum atomic E-state index is -1.46. The van der Waals surface area contributed by atoms with Crippen LogP contribution >= 0.6 is 0 Å². The molecule has 3 atom stereocenters. The van der Waals surface area contributed by atoms with Gasteiger partial charge >= 0.3 is 11.9 Å². The van der Waals surface area contributed by atoms with Crippen molar-refractivity contribution < 1.29 is 19.2 Å². The standard InChI is InChI=1S/C22H20N4O5/c1-15-19(16-9-5-3-6-10-16)31-21(28)25(15)20(27)22(2,17-11-7-4-8-12-17)24-13-18(23-14-24)26(29)30/h3-15,19H,1-2H3/t15-,19-,22-/m1/s1. The van der Waals surface area contributed by atoms with Crippen LogP contribution in [0.5, 0.6) is 0 Å². The maximum absolute atomic E-state index is 13.9. The van der Waals surface area contributed by atoms with Gasteiger partial charge in [-0.2, -0.15) is 0 Å². The first-order chi connectivity index (χ1) is 14.8. The second kappa shape index (κ2) is 7.67. The Morgan fingerprint density at radius 1 is 1.13 bits per heavy atom. The van der Waals surface area contributed by atoms with Gasteiger partial charge in [-0.15, -0.1) is 0 Å². The van der Waals surface area contributed by atoms with Crippen molar-refractivity contribution in [2.75, 3.05) is 0 Å². The number of rotatable bonds is 5. The molecule has 2 amide bonds. The molecule has 3 aromatic rings. The van der Waals surface area contributed by atoms with E-state index in [1.54, 1.807) is 44.2 Å². The molecule has 1 saturated heterocycles. The molecule has 0 saturated carbocycles. The van der Waals surface area contributed by atoms with Gasteiger partial charge in [-0.05, 0) is 34.9 Å². The number of hydrogen-bond donors (Lipinski definition) is 0. The van der Waals surface area contributed by atoms with E-state index in [9.17, 15) is 19.7 Å². The Bertz CT molecular complexity index is 1130. The quantitative estimate of drug-likeness (QED) is 0.460. The van der Waals surface area contributed by atoms with Gasteiger partial charge in [0.15, 0.2) is 0 Å². The van der Waals surface area contributed by atoms with Crippen LogP contribution in [0.25, 0.3) is 0 Å². The van der Waals surface area contributed by atoms with E-state index in [1.807, 2.05) is 30.3 Å². The highest BCUT2D eigenvalue weighted by atomic mass is 16.6. The highest BCUT2D eigenvalue weighted by Crippen LogP contribution is 2.37. The summed E-state index contributed by atoms with van der Waals surface area (Å²) in [4.78, 5) is 42.0. The van der Waals surface area contributed by atoms with E-state index < -0.39 is 40.4 Å². The number of aromatic nitrogens is 2. The molecule has 158 valence electrons. The van der Waals surface area contributed by atoms with Gasteiger partial charge in [0.05, 0.1) is 6.04 Å². The molecule has 0 aliphatic carbocycles. The van der Waals surface area contributed by atoms with Gasteiger partial charge in [0.2, 0.25) is 6.33 Å². The van der Waals surface area contributed by atoms with Crippen LogP contribution in [0.2, 0.25) is 0 Å². The summed E-state index contributed by atoms with van der Waals surface area (Å²) in [5, 5.41) is 11.2. The molecule has 9 nitrogen and oxygen atoms in total. The van der Waals surface area contributed by atoms with Crippen LogP contribution in [0.15, 0.2) is 73.2 Å². The first-order valence-corrected chi connectivity index (χ1v) is 9.67. The number of nitro groups is 1. The first kappa shape index (κ1) is 20.3. The second-order valence-corrected chi connectivity index (χ2v) is 7.47. The zero-order valence-electron chi connectivity index (χ0n) is 16.9. The van der Waals surface area contributed by atoms with Crippen LogP contribution in [0.1, 0.15) is 31.1 Å². The van der Waals surface area contributed by atoms with Crippen molar-refractivity contribution in [2.24, 2.45) is 0 Å². The molecule has 31 heavy (non-hydrogen) atoms. The predicted molar refractivity (Wildman–Crippen MR) is 110 cm³/mol. The van der Waals surface area contributed by atoms with Crippen molar-refractivity contribution >= 4 is 17.8 Å². The van der Waals surface area contributed by atoms with Crippen LogP contribution in [0, 0.1) is 10.1 Å². The molecular weight excluding hydrogens is 400 g/mol. The molecule has 0 N–H and O–H groups in total. The molecule has 4 rings (SSSR count). The zero-order valence-corrected chi connectivity index (χ0v) is 16.9. The first-order valence-electron chi connectivity index (χ1n) is 9.67. The molecule has 1 aliphatic heterocycles. The van der Waals surface area contributed by atoms with Crippen molar-refractivity contribution in [3.8, 4) is 0 Å². The smallest absolute Gasteiger partial charge is 0.417 e. The maximum atomic E-state index is 13.9. The summed E-state index contributed by atoms with van der Waals surface area (Å²) < 4.78 is 6.90. The fraction of sp³-hybridized carbons (Fsp3) is 0.227. The van der Waals surface area contributed by atoms with Crippen LogP contribution < -0.4 is 0 Å². The molecule has 0 bridgehead atoms. The summed E-state index contributed by atoms with van der Waals surface area (Å²) in [6, 6.07) is 17.4. The fourth-order valence-electron chi connectivity index (χ4n) is 3.85. The van der Waals surface area contributed by atoms with Crippen molar-refractivity contribution in [1.29, 1.82) is 0 Å². The number of carbonyl (C=O) groups excluding carboxylic acids is 2. The molecular formula is C22H20N4O5. The lowest BCUT2D eigenvalue weighted by molar-refractivity contribution is -0.389. The molecule has 2 heterocycles. The predicted octanol–water partition coefficient (Wildman–Crippen LogP) is 3.66. The third kappa shape index (κ3) is 3.33. The lowest BCUT2D eigenvalue weighted by Crippen LogP contribution is -2.52. The Hall–Kier alpha value is -4.01. The Kier molecular flexibility index (Phi) is 5.02. The summed E-state index contributed by atoms with van der Waals surface area (Å²) in [7, 11) is 0. The van der Waals surface area contributed by atoms with Crippen molar-refractivity contribution in [2.45, 2.75) is 31.5 Å². The Morgan fingerprint density at radius 2 is 1.74 bits per heavy atom. The summed E-state index contributed by atoms with van der Waals surface area (Å²) in [5.74, 6) is -0.962. The number of nitrogens with zero attached hydrogens (tertiary/aromatic N) is 4. The molecule has 1 aliphatic rings. The molecule has 2 aromatic carbocycles. The highest BCUT2D eigenvalue weighted by Gasteiger charge is 2.51. The average molecular weight is 420 g/mol. The highest BCUT2D eigenvalue weighted by molar-refractivity contribution is 5.99. The molecule has 1 fully saturated rings. The number of benzene rings is 2. The molecule has 9 heteroatoms. The van der Waals surface area contributed by atoms with Crippen LogP contribution in [-0.2, 0) is 15.1 Å². The Balaban J connectivity index is 1.77. The average Bonchev–Trinajstić information content (AvgIpc) is 3.39. The molecule has 0 unspecified atom stereocenters. The van der Waals surface area contributed by atoms with Gasteiger partial charge in [0.1, 0.15) is 17.8 Å². The minimum absolute atomic E-state index is 0.394. The number of cyclic esters (lactones) is 1. The van der Waals surface area contributed by atoms with Crippen LogP contribution in [-0.4, -0.2) is 37.4 Å². The van der Waals surface area contributed by atoms with E-state index in [4.69, 9.17) is 4.74 Å². The minimum Gasteiger partial charge on any atom is -0.439 e. The Labute approximate surface area is 178 Å². The number of ether oxygens (including phenoxy) is 1. The zero-order chi connectivity index (χ0) is 22.2. The normalized spacial score (nSPS) is 20.2. The van der Waals surface area contributed by atoms with E-state index in [-0.39, 0.29) is 0 Å². The number of carbonyl (C=O) groups is 2. The van der Waals surface area contributed by atoms with Crippen molar-refractivity contribution in [3.05, 3.63) is 94.4 Å². The van der Waals surface area contributed by atoms with E-state index in [0.29, 0.717) is 5.56 Å². The van der Waals surface area contributed by atoms with Gasteiger partial charge in [-0.1, -0.05) is 60.7 Å². The van der Waals surface area contributed by atoms with Gasteiger partial charge in [-0.25, -0.2) is 9.69 Å². The third-order valence-electron chi connectivity index (χ3n) is 5.64. The Morgan fingerprint density at radius 3 is 2.32 bits per heavy atom. The van der Waals surface area contributed by atoms with Crippen molar-refractivity contribution in [1.82, 2.24) is 14.5 Å². The summed E-state index contributed by atoms with van der Waals surface area (Å²) in [6.45, 7) is 3.34. The number of amides is 2. The second-order valence-electron chi connectivity index (χ2n) is 7.47. The SMILES string of the molecule is C[C@@H]1[C@H](c2ccccc2)OC(=O)N1C(=O)[C@@](C)(c1ccccc1)n1cnc([N+](=O)[O-])c1. The van der Waals surface area contributed by atoms with Crippen LogP contribution in [0.4, 0.5) is 10.6 Å². The fourth-order valence-corrected chi connectivity index (χ4v) is 3.85. The van der Waals surface area contributed by atoms with E-state index in [2.05, 4.69) is 4.98 Å². The van der Waals surface area contributed by atoms with Crippen LogP contribution in [0.3, 0.4) is 0 Å². The summed E-state index contributed by atoms with van der Waals surface area (Å²) in [5.41, 5.74) is -0.129. The van der Waals surface area contributed by atoms with E-state index >= 15 is 0 Å². The molecule has 1 aromatic heterocycles. The van der Waals surface area contributed by atoms with Crippen molar-refractivity contribution in [3.63, 3.8) is 0 Å². The number of imidazole rings is 1. The summed E-state index contributed by atoms with van der Waals surface area (Å²) in [6.07, 6.45) is 1.04. The lowest BCUT2D eigenvalue weighted by atomic mass is 9.89. The third-order valence-corrected chi connectivity index (χ3v) is 5.64. The van der Waals surface area contributed by atoms with E-state index in [1.165, 1.54) is 17.1 Å². The number of hydrogen-bond acceptors (Lipinski definition) is 6. The monoisotopic (exact) mass is 420 g/mol. The molecule has 0 spiro atoms. The lowest BCUT2D eigenvalue weighted by Gasteiger charge is -2.33.